The van der Waals surface area contributed by atoms with Crippen LogP contribution in [0.4, 0.5) is 0 Å². The number of unbranched alkanes of at least 4 members (excludes halogenated alkanes) is 20. The molecule has 1 fully saturated rings. The zero-order valence-corrected chi connectivity index (χ0v) is 30.5. The third-order valence-corrected chi connectivity index (χ3v) is 9.33. The number of amides is 1. The average molecular weight is 684 g/mol. The second kappa shape index (κ2) is 30.5. The highest BCUT2D eigenvalue weighted by Crippen LogP contribution is 2.22. The Bertz CT molecular complexity index is 807. The van der Waals surface area contributed by atoms with Gasteiger partial charge in [0.2, 0.25) is 5.91 Å². The van der Waals surface area contributed by atoms with Gasteiger partial charge in [0.25, 0.3) is 0 Å². The first-order valence-corrected chi connectivity index (χ1v) is 19.6. The van der Waals surface area contributed by atoms with Crippen LogP contribution in [-0.4, -0.2) is 87.5 Å². The number of aliphatic hydroxyl groups is 5. The summed E-state index contributed by atoms with van der Waals surface area (Å²) < 4.78 is 11.1. The quantitative estimate of drug-likeness (QED) is 0.0346. The molecule has 9 nitrogen and oxygen atoms in total. The molecule has 282 valence electrons. The zero-order chi connectivity index (χ0) is 35.2. The fourth-order valence-corrected chi connectivity index (χ4v) is 6.09. The molecule has 0 saturated carbocycles. The van der Waals surface area contributed by atoms with Crippen LogP contribution in [0, 0.1) is 0 Å². The Labute approximate surface area is 292 Å². The summed E-state index contributed by atoms with van der Waals surface area (Å²) in [7, 11) is 0. The van der Waals surface area contributed by atoms with Gasteiger partial charge in [0.15, 0.2) is 6.29 Å². The highest BCUT2D eigenvalue weighted by atomic mass is 16.7. The van der Waals surface area contributed by atoms with Crippen molar-refractivity contribution in [3.8, 4) is 0 Å². The standard InChI is InChI=1S/C39H73NO8/c1-3-5-7-9-11-13-15-16-17-18-19-21-23-25-27-29-35(43)40-32(31-47-39-38(46)37(45)36(44)34(30-41)48-39)33(42)28-26-24-22-20-14-12-10-8-6-4-2/h22,24,26,28,32-34,36-39,41-42,44-46H,3-21,23,25,27,29-31H2,1-2H3,(H,40,43)/b24-22+,28-26+/t32-,33+,34+,36+,37?,38?,39+/m0/s1. The molecule has 1 heterocycles. The molecule has 48 heavy (non-hydrogen) atoms. The van der Waals surface area contributed by atoms with Gasteiger partial charge in [0.1, 0.15) is 24.4 Å². The highest BCUT2D eigenvalue weighted by molar-refractivity contribution is 5.76. The lowest BCUT2D eigenvalue weighted by atomic mass is 9.99. The first kappa shape index (κ1) is 44.7. The van der Waals surface area contributed by atoms with E-state index in [1.807, 2.05) is 6.08 Å². The smallest absolute Gasteiger partial charge is 0.220 e. The Morgan fingerprint density at radius 2 is 1.21 bits per heavy atom. The normalized spacial score (nSPS) is 22.9. The number of ether oxygens (including phenoxy) is 2. The molecule has 0 aliphatic carbocycles. The molecule has 1 saturated heterocycles. The average Bonchev–Trinajstić information content (AvgIpc) is 3.08. The lowest BCUT2D eigenvalue weighted by molar-refractivity contribution is -0.302. The number of carbonyl (C=O) groups is 1. The third-order valence-electron chi connectivity index (χ3n) is 9.33. The molecule has 0 bridgehead atoms. The molecule has 9 heteroatoms. The van der Waals surface area contributed by atoms with Gasteiger partial charge in [0.05, 0.1) is 25.4 Å². The van der Waals surface area contributed by atoms with Crippen molar-refractivity contribution >= 4 is 5.91 Å². The zero-order valence-electron chi connectivity index (χ0n) is 30.5. The summed E-state index contributed by atoms with van der Waals surface area (Å²) in [6.07, 6.45) is 26.6. The van der Waals surface area contributed by atoms with E-state index in [-0.39, 0.29) is 12.5 Å². The summed E-state index contributed by atoms with van der Waals surface area (Å²) >= 11 is 0. The molecular formula is C39H73NO8. The van der Waals surface area contributed by atoms with E-state index in [0.717, 1.165) is 32.1 Å². The number of aliphatic hydroxyl groups excluding tert-OH is 5. The van der Waals surface area contributed by atoms with Crippen molar-refractivity contribution in [3.05, 3.63) is 24.3 Å². The van der Waals surface area contributed by atoms with E-state index in [0.29, 0.717) is 6.42 Å². The van der Waals surface area contributed by atoms with Gasteiger partial charge in [-0.1, -0.05) is 160 Å². The first-order chi connectivity index (χ1) is 23.3. The number of hydrogen-bond donors (Lipinski definition) is 6. The SMILES string of the molecule is CCCCCCCC/C=C/C=C/[C@@H](O)[C@H](CO[C@@H]1O[C@H](CO)[C@@H](O)C(O)C1O)NC(=O)CCCCCCCCCCCCCCCCC. The van der Waals surface area contributed by atoms with Crippen molar-refractivity contribution < 1.29 is 39.8 Å². The Morgan fingerprint density at radius 3 is 1.73 bits per heavy atom. The van der Waals surface area contributed by atoms with E-state index in [4.69, 9.17) is 9.47 Å². The minimum atomic E-state index is -1.57. The number of allylic oxidation sites excluding steroid dienone is 3. The molecule has 0 aromatic heterocycles. The van der Waals surface area contributed by atoms with Crippen molar-refractivity contribution in [1.29, 1.82) is 0 Å². The van der Waals surface area contributed by atoms with E-state index in [1.54, 1.807) is 12.2 Å². The molecule has 0 aromatic rings. The number of nitrogens with one attached hydrogen (secondary N) is 1. The number of carbonyl (C=O) groups excluding carboxylic acids is 1. The van der Waals surface area contributed by atoms with Crippen LogP contribution in [0.2, 0.25) is 0 Å². The Morgan fingerprint density at radius 1 is 0.708 bits per heavy atom. The summed E-state index contributed by atoms with van der Waals surface area (Å²) in [5.41, 5.74) is 0. The van der Waals surface area contributed by atoms with Crippen LogP contribution in [-0.2, 0) is 14.3 Å². The van der Waals surface area contributed by atoms with Gasteiger partial charge in [-0.05, 0) is 19.3 Å². The summed E-state index contributed by atoms with van der Waals surface area (Å²) in [6, 6.07) is -0.829. The van der Waals surface area contributed by atoms with Gasteiger partial charge < -0.3 is 40.3 Å². The Kier molecular flexibility index (Phi) is 28.4. The minimum Gasteiger partial charge on any atom is -0.394 e. The fraction of sp³-hybridized carbons (Fsp3) is 0.872. The second-order valence-corrected chi connectivity index (χ2v) is 13.8. The molecule has 6 N–H and O–H groups in total. The van der Waals surface area contributed by atoms with Crippen LogP contribution < -0.4 is 5.32 Å². The maximum absolute atomic E-state index is 12.8. The molecule has 1 rings (SSSR count). The van der Waals surface area contributed by atoms with Gasteiger partial charge in [0, 0.05) is 6.42 Å². The molecule has 0 spiro atoms. The predicted octanol–water partition coefficient (Wildman–Crippen LogP) is 6.77. The van der Waals surface area contributed by atoms with Gasteiger partial charge in [-0.15, -0.1) is 0 Å². The van der Waals surface area contributed by atoms with E-state index < -0.39 is 49.5 Å². The van der Waals surface area contributed by atoms with Crippen LogP contribution in [0.15, 0.2) is 24.3 Å². The predicted molar refractivity (Wildman–Crippen MR) is 193 cm³/mol. The number of rotatable bonds is 31. The fourth-order valence-electron chi connectivity index (χ4n) is 6.09. The molecule has 1 aliphatic rings. The summed E-state index contributed by atoms with van der Waals surface area (Å²) in [6.45, 7) is 3.69. The minimum absolute atomic E-state index is 0.196. The van der Waals surface area contributed by atoms with Gasteiger partial charge in [-0.2, -0.15) is 0 Å². The summed E-state index contributed by atoms with van der Waals surface area (Å²) in [5, 5.41) is 53.8. The monoisotopic (exact) mass is 684 g/mol. The van der Waals surface area contributed by atoms with Crippen LogP contribution in [0.1, 0.15) is 162 Å². The lowest BCUT2D eigenvalue weighted by Crippen LogP contribution is -2.60. The van der Waals surface area contributed by atoms with Crippen LogP contribution in [0.3, 0.4) is 0 Å². The Hall–Kier alpha value is -1.33. The molecule has 0 aromatic carbocycles. The van der Waals surface area contributed by atoms with Crippen molar-refractivity contribution in [3.63, 3.8) is 0 Å². The maximum atomic E-state index is 12.8. The van der Waals surface area contributed by atoms with E-state index >= 15 is 0 Å². The number of hydrogen-bond acceptors (Lipinski definition) is 8. The van der Waals surface area contributed by atoms with E-state index in [1.165, 1.54) is 109 Å². The van der Waals surface area contributed by atoms with Gasteiger partial charge in [-0.25, -0.2) is 0 Å². The highest BCUT2D eigenvalue weighted by Gasteiger charge is 2.44. The molecule has 1 aliphatic heterocycles. The lowest BCUT2D eigenvalue weighted by Gasteiger charge is -2.40. The van der Waals surface area contributed by atoms with Gasteiger partial charge >= 0.3 is 0 Å². The van der Waals surface area contributed by atoms with Crippen molar-refractivity contribution in [1.82, 2.24) is 5.32 Å². The van der Waals surface area contributed by atoms with Crippen molar-refractivity contribution in [2.75, 3.05) is 13.2 Å². The topological polar surface area (TPSA) is 149 Å². The summed E-state index contributed by atoms with van der Waals surface area (Å²) in [4.78, 5) is 12.8. The van der Waals surface area contributed by atoms with Crippen molar-refractivity contribution in [2.45, 2.75) is 204 Å². The van der Waals surface area contributed by atoms with E-state index in [9.17, 15) is 30.3 Å². The van der Waals surface area contributed by atoms with E-state index in [2.05, 4.69) is 25.2 Å². The molecule has 0 radical (unpaired) electrons. The first-order valence-electron chi connectivity index (χ1n) is 19.6. The molecule has 2 unspecified atom stereocenters. The van der Waals surface area contributed by atoms with Crippen LogP contribution in [0.5, 0.6) is 0 Å². The van der Waals surface area contributed by atoms with Crippen molar-refractivity contribution in [2.24, 2.45) is 0 Å². The molecule has 7 atom stereocenters. The summed E-state index contributed by atoms with van der Waals surface area (Å²) in [5.74, 6) is -0.196. The Balaban J connectivity index is 2.44. The maximum Gasteiger partial charge on any atom is 0.220 e. The largest absolute Gasteiger partial charge is 0.394 e. The third kappa shape index (κ3) is 21.7. The van der Waals surface area contributed by atoms with Crippen LogP contribution in [0.25, 0.3) is 0 Å². The second-order valence-electron chi connectivity index (χ2n) is 13.8. The van der Waals surface area contributed by atoms with Crippen LogP contribution >= 0.6 is 0 Å². The molecule has 1 amide bonds. The van der Waals surface area contributed by atoms with Gasteiger partial charge in [-0.3, -0.25) is 4.79 Å². The molecular weight excluding hydrogens is 610 g/mol.